The number of β-lactam (4-membered cyclic amide) rings is 1. The van der Waals surface area contributed by atoms with Gasteiger partial charge in [0, 0.05) is 13.0 Å². The predicted octanol–water partition coefficient (Wildman–Crippen LogP) is 1.82. The Kier molecular flexibility index (Phi) is 3.67. The number of imide groups is 1. The van der Waals surface area contributed by atoms with Gasteiger partial charge in [-0.25, -0.2) is 0 Å². The van der Waals surface area contributed by atoms with E-state index in [1.165, 1.54) is 4.90 Å². The molecule has 0 bridgehead atoms. The van der Waals surface area contributed by atoms with Crippen LogP contribution in [-0.4, -0.2) is 23.3 Å². The van der Waals surface area contributed by atoms with Gasteiger partial charge in [-0.3, -0.25) is 14.5 Å². The fraction of sp³-hybridized carbons (Fsp3) is 0.818. The lowest BCUT2D eigenvalue weighted by atomic mass is 9.87. The molecular formula is C11H19NO2. The largest absolute Gasteiger partial charge is 0.282 e. The lowest BCUT2D eigenvalue weighted by Gasteiger charge is -2.39. The van der Waals surface area contributed by atoms with Gasteiger partial charge >= 0.3 is 0 Å². The third-order valence-corrected chi connectivity index (χ3v) is 2.81. The Bertz CT molecular complexity index is 235. The standard InChI is InChI=1S/C11H19NO2/c1-4-5-6-10(13)12-7-9(8(2)3)11(12)14/h8-9H,4-7H2,1-3H3/t9-/m1/s1. The van der Waals surface area contributed by atoms with Crippen molar-refractivity contribution in [2.24, 2.45) is 11.8 Å². The molecule has 1 heterocycles. The highest BCUT2D eigenvalue weighted by Crippen LogP contribution is 2.25. The number of hydrogen-bond donors (Lipinski definition) is 0. The van der Waals surface area contributed by atoms with Gasteiger partial charge < -0.3 is 0 Å². The summed E-state index contributed by atoms with van der Waals surface area (Å²) < 4.78 is 0. The molecule has 0 saturated carbocycles. The molecule has 1 aliphatic rings. The van der Waals surface area contributed by atoms with Crippen molar-refractivity contribution in [3.05, 3.63) is 0 Å². The maximum Gasteiger partial charge on any atom is 0.234 e. The van der Waals surface area contributed by atoms with Gasteiger partial charge in [-0.1, -0.05) is 27.2 Å². The smallest absolute Gasteiger partial charge is 0.234 e. The summed E-state index contributed by atoms with van der Waals surface area (Å²) in [5.41, 5.74) is 0. The molecule has 0 aliphatic carbocycles. The van der Waals surface area contributed by atoms with Gasteiger partial charge in [0.25, 0.3) is 0 Å². The van der Waals surface area contributed by atoms with E-state index in [9.17, 15) is 9.59 Å². The summed E-state index contributed by atoms with van der Waals surface area (Å²) in [5, 5.41) is 0. The summed E-state index contributed by atoms with van der Waals surface area (Å²) in [6.07, 6.45) is 2.41. The van der Waals surface area contributed by atoms with Gasteiger partial charge in [-0.15, -0.1) is 0 Å². The van der Waals surface area contributed by atoms with E-state index in [0.717, 1.165) is 12.8 Å². The summed E-state index contributed by atoms with van der Waals surface area (Å²) in [5.74, 6) is 0.480. The minimum absolute atomic E-state index is 0.00810. The monoisotopic (exact) mass is 197 g/mol. The zero-order valence-corrected chi connectivity index (χ0v) is 9.25. The van der Waals surface area contributed by atoms with Crippen molar-refractivity contribution in [2.45, 2.75) is 40.0 Å². The quantitative estimate of drug-likeness (QED) is 0.645. The highest BCUT2D eigenvalue weighted by atomic mass is 16.2. The molecule has 1 aliphatic heterocycles. The Hall–Kier alpha value is -0.860. The molecule has 1 saturated heterocycles. The van der Waals surface area contributed by atoms with Crippen molar-refractivity contribution in [3.8, 4) is 0 Å². The number of nitrogens with zero attached hydrogens (tertiary/aromatic N) is 1. The van der Waals surface area contributed by atoms with Crippen molar-refractivity contribution >= 4 is 11.8 Å². The first kappa shape index (κ1) is 11.2. The molecule has 1 fully saturated rings. The summed E-state index contributed by atoms with van der Waals surface area (Å²) >= 11 is 0. The lowest BCUT2D eigenvalue weighted by molar-refractivity contribution is -0.160. The second-order valence-electron chi connectivity index (χ2n) is 4.30. The third-order valence-electron chi connectivity index (χ3n) is 2.81. The van der Waals surface area contributed by atoms with E-state index in [2.05, 4.69) is 0 Å². The number of amides is 2. The average Bonchev–Trinajstić information content (AvgIpc) is 2.11. The Morgan fingerprint density at radius 1 is 1.57 bits per heavy atom. The van der Waals surface area contributed by atoms with E-state index in [1.54, 1.807) is 0 Å². The molecule has 1 rings (SSSR count). The van der Waals surface area contributed by atoms with Gasteiger partial charge in [0.1, 0.15) is 0 Å². The molecule has 0 aromatic rings. The van der Waals surface area contributed by atoms with Crippen LogP contribution in [0.3, 0.4) is 0 Å². The van der Waals surface area contributed by atoms with Crippen LogP contribution in [0.1, 0.15) is 40.0 Å². The highest BCUT2D eigenvalue weighted by Gasteiger charge is 2.41. The van der Waals surface area contributed by atoms with Gasteiger partial charge in [-0.05, 0) is 12.3 Å². The van der Waals surface area contributed by atoms with Crippen molar-refractivity contribution in [2.75, 3.05) is 6.54 Å². The summed E-state index contributed by atoms with van der Waals surface area (Å²) in [6, 6.07) is 0. The van der Waals surface area contributed by atoms with Crippen molar-refractivity contribution in [1.29, 1.82) is 0 Å². The number of carbonyl (C=O) groups is 2. The topological polar surface area (TPSA) is 37.4 Å². The van der Waals surface area contributed by atoms with Crippen LogP contribution in [0, 0.1) is 11.8 Å². The Morgan fingerprint density at radius 2 is 2.21 bits per heavy atom. The Balaban J connectivity index is 2.36. The first-order valence-corrected chi connectivity index (χ1v) is 5.42. The number of rotatable bonds is 4. The molecule has 3 heteroatoms. The molecule has 0 unspecified atom stereocenters. The van der Waals surface area contributed by atoms with Crippen LogP contribution in [0.2, 0.25) is 0 Å². The van der Waals surface area contributed by atoms with E-state index < -0.39 is 0 Å². The number of unbranched alkanes of at least 4 members (excludes halogenated alkanes) is 1. The van der Waals surface area contributed by atoms with Crippen molar-refractivity contribution in [3.63, 3.8) is 0 Å². The van der Waals surface area contributed by atoms with Gasteiger partial charge in [0.2, 0.25) is 11.8 Å². The maximum absolute atomic E-state index is 11.5. The Labute approximate surface area is 85.5 Å². The molecule has 0 aromatic carbocycles. The normalized spacial score (nSPS) is 21.3. The van der Waals surface area contributed by atoms with Crippen molar-refractivity contribution in [1.82, 2.24) is 4.90 Å². The first-order chi connectivity index (χ1) is 6.57. The van der Waals surface area contributed by atoms with Crippen LogP contribution in [0.5, 0.6) is 0 Å². The summed E-state index contributed by atoms with van der Waals surface area (Å²) in [6.45, 7) is 6.73. The minimum atomic E-state index is 0.00810. The number of carbonyl (C=O) groups excluding carboxylic acids is 2. The van der Waals surface area contributed by atoms with E-state index in [0.29, 0.717) is 18.9 Å². The van der Waals surface area contributed by atoms with Crippen LogP contribution < -0.4 is 0 Å². The van der Waals surface area contributed by atoms with E-state index in [-0.39, 0.29) is 17.7 Å². The molecule has 0 spiro atoms. The van der Waals surface area contributed by atoms with Gasteiger partial charge in [0.15, 0.2) is 0 Å². The van der Waals surface area contributed by atoms with Crippen LogP contribution in [-0.2, 0) is 9.59 Å². The summed E-state index contributed by atoms with van der Waals surface area (Å²) in [4.78, 5) is 24.4. The lowest BCUT2D eigenvalue weighted by Crippen LogP contribution is -2.56. The molecule has 0 N–H and O–H groups in total. The van der Waals surface area contributed by atoms with Crippen LogP contribution >= 0.6 is 0 Å². The Morgan fingerprint density at radius 3 is 2.64 bits per heavy atom. The van der Waals surface area contributed by atoms with Gasteiger partial charge in [0.05, 0.1) is 5.92 Å². The zero-order chi connectivity index (χ0) is 10.7. The van der Waals surface area contributed by atoms with Gasteiger partial charge in [-0.2, -0.15) is 0 Å². The molecule has 14 heavy (non-hydrogen) atoms. The molecule has 0 aromatic heterocycles. The molecular weight excluding hydrogens is 178 g/mol. The fourth-order valence-electron chi connectivity index (χ4n) is 1.64. The highest BCUT2D eigenvalue weighted by molar-refractivity contribution is 6.00. The minimum Gasteiger partial charge on any atom is -0.282 e. The second kappa shape index (κ2) is 4.58. The van der Waals surface area contributed by atoms with Crippen LogP contribution in [0.4, 0.5) is 0 Å². The molecule has 1 atom stereocenters. The van der Waals surface area contributed by atoms with Crippen LogP contribution in [0.25, 0.3) is 0 Å². The average molecular weight is 197 g/mol. The molecule has 2 amide bonds. The summed E-state index contributed by atoms with van der Waals surface area (Å²) in [7, 11) is 0. The third kappa shape index (κ3) is 2.14. The van der Waals surface area contributed by atoms with Crippen LogP contribution in [0.15, 0.2) is 0 Å². The van der Waals surface area contributed by atoms with E-state index in [1.807, 2.05) is 20.8 Å². The molecule has 80 valence electrons. The second-order valence-corrected chi connectivity index (χ2v) is 4.30. The number of hydrogen-bond acceptors (Lipinski definition) is 2. The van der Waals surface area contributed by atoms with E-state index in [4.69, 9.17) is 0 Å². The van der Waals surface area contributed by atoms with E-state index >= 15 is 0 Å². The first-order valence-electron chi connectivity index (χ1n) is 5.42. The maximum atomic E-state index is 11.5. The number of likely N-dealkylation sites (tertiary alicyclic amines) is 1. The molecule has 0 radical (unpaired) electrons. The van der Waals surface area contributed by atoms with Crippen molar-refractivity contribution < 1.29 is 9.59 Å². The molecule has 3 nitrogen and oxygen atoms in total. The zero-order valence-electron chi connectivity index (χ0n) is 9.25. The fourth-order valence-corrected chi connectivity index (χ4v) is 1.64. The predicted molar refractivity (Wildman–Crippen MR) is 54.6 cm³/mol. The SMILES string of the molecule is CCCCC(=O)N1C[C@H](C(C)C)C1=O.